The molecule has 5 heterocycles. The van der Waals surface area contributed by atoms with Crippen molar-refractivity contribution in [3.8, 4) is 0 Å². The molecular weight excluding hydrogens is 1110 g/mol. The predicted molar refractivity (Wildman–Crippen MR) is 304 cm³/mol. The molecule has 25 nitrogen and oxygen atoms in total. The van der Waals surface area contributed by atoms with Crippen molar-refractivity contribution in [1.29, 1.82) is 0 Å². The van der Waals surface area contributed by atoms with E-state index in [0.29, 0.717) is 37.8 Å². The maximum Gasteiger partial charge on any atom is 0.332 e. The van der Waals surface area contributed by atoms with Crippen LogP contribution in [-0.2, 0) is 73.6 Å². The Labute approximate surface area is 493 Å². The number of benzene rings is 5. The highest BCUT2D eigenvalue weighted by atomic mass is 16.2. The third-order valence-electron chi connectivity index (χ3n) is 13.8. The third kappa shape index (κ3) is 17.1. The lowest BCUT2D eigenvalue weighted by atomic mass is 9.95. The Kier molecular flexibility index (Phi) is 22.8. The average molecular weight is 1180 g/mol. The lowest BCUT2D eigenvalue weighted by Crippen LogP contribution is -2.58. The van der Waals surface area contributed by atoms with E-state index < -0.39 is 119 Å². The van der Waals surface area contributed by atoms with Gasteiger partial charge in [0.1, 0.15) is 29.6 Å². The second-order valence-corrected chi connectivity index (χ2v) is 19.8. The van der Waals surface area contributed by atoms with Crippen molar-refractivity contribution in [2.75, 3.05) is 27.7 Å². The van der Waals surface area contributed by atoms with Crippen molar-refractivity contribution in [1.82, 2.24) is 51.5 Å². The minimum Gasteiger partial charge on any atom is -0.277 e. The smallest absolute Gasteiger partial charge is 0.277 e. The maximum absolute atomic E-state index is 12.3. The van der Waals surface area contributed by atoms with Gasteiger partial charge in [-0.25, -0.2) is 24.0 Å². The number of nitrogens with zero attached hydrogens (tertiary/aromatic N) is 4. The van der Waals surface area contributed by atoms with Crippen LogP contribution in [0.1, 0.15) is 53.5 Å². The molecule has 25 heteroatoms. The Hall–Kier alpha value is -10.9. The summed E-state index contributed by atoms with van der Waals surface area (Å²) < 4.78 is 0. The Balaban J connectivity index is 0.000000172. The summed E-state index contributed by atoms with van der Waals surface area (Å²) in [7, 11) is 4.15. The number of hydrogen-bond donors (Lipinski definition) is 6. The van der Waals surface area contributed by atoms with Gasteiger partial charge in [-0.1, -0.05) is 165 Å². The van der Waals surface area contributed by atoms with Crippen molar-refractivity contribution in [3.63, 3.8) is 0 Å². The van der Waals surface area contributed by atoms with E-state index in [0.717, 1.165) is 54.7 Å². The van der Waals surface area contributed by atoms with Crippen molar-refractivity contribution in [3.05, 3.63) is 179 Å². The SMILES string of the molecule is CCCCN1C(=O)NC(=O)C(Cc2ccccc2)C1=O.CN1C(=O)C(Cc2ccccc2)C(=O)N(C)C1=O.CN1C(=O)NC(=O)C(Cc2ccccc2)C1=O.O=C1NC(=O)C(Cc2ccccc2)C(=O)N1.O=C1NC(=O)C(c2ccccc2)C(=O)N1. The third-order valence-corrected chi connectivity index (χ3v) is 13.8. The van der Waals surface area contributed by atoms with Crippen molar-refractivity contribution < 1.29 is 71.9 Å². The van der Waals surface area contributed by atoms with Crippen molar-refractivity contribution >= 4 is 89.2 Å². The van der Waals surface area contributed by atoms with E-state index in [9.17, 15) is 71.9 Å². The van der Waals surface area contributed by atoms with Gasteiger partial charge in [0.25, 0.3) is 0 Å². The molecule has 2 unspecified atom stereocenters. The Morgan fingerprint density at radius 2 is 0.651 bits per heavy atom. The van der Waals surface area contributed by atoms with E-state index in [1.165, 1.54) is 21.1 Å². The molecule has 20 amide bonds. The number of carbonyl (C=O) groups excluding carboxylic acids is 15. The molecule has 5 aromatic rings. The molecule has 5 aliphatic heterocycles. The number of carbonyl (C=O) groups is 15. The van der Waals surface area contributed by atoms with Gasteiger partial charge in [0.05, 0.1) is 0 Å². The molecule has 0 aliphatic carbocycles. The number of amides is 20. The highest BCUT2D eigenvalue weighted by Crippen LogP contribution is 2.22. The molecule has 6 N–H and O–H groups in total. The maximum atomic E-state index is 12.3. The van der Waals surface area contributed by atoms with Crippen LogP contribution in [0.15, 0.2) is 152 Å². The topological polar surface area (TPSA) is 341 Å². The monoisotopic (exact) mass is 1170 g/mol. The van der Waals surface area contributed by atoms with Crippen LogP contribution in [0.4, 0.5) is 24.0 Å². The molecule has 0 radical (unpaired) electrons. The predicted octanol–water partition coefficient (Wildman–Crippen LogP) is 3.52. The second kappa shape index (κ2) is 30.5. The van der Waals surface area contributed by atoms with E-state index in [1.54, 1.807) is 30.3 Å². The molecule has 10 rings (SSSR count). The molecule has 446 valence electrons. The fourth-order valence-corrected chi connectivity index (χ4v) is 9.03. The molecule has 0 aromatic heterocycles. The number of unbranched alkanes of at least 4 members (excludes halogenated alkanes) is 1. The number of hydrogen-bond acceptors (Lipinski definition) is 15. The first kappa shape index (κ1) is 64.3. The number of imide groups is 10. The summed E-state index contributed by atoms with van der Waals surface area (Å²) in [6.07, 6.45) is 2.87. The van der Waals surface area contributed by atoms with Gasteiger partial charge in [-0.05, 0) is 59.9 Å². The first-order valence-corrected chi connectivity index (χ1v) is 27.0. The van der Waals surface area contributed by atoms with Crippen LogP contribution >= 0.6 is 0 Å². The molecule has 5 fully saturated rings. The van der Waals surface area contributed by atoms with Crippen molar-refractivity contribution in [2.24, 2.45) is 23.7 Å². The number of nitrogens with one attached hydrogen (secondary N) is 6. The summed E-state index contributed by atoms with van der Waals surface area (Å²) in [6, 6.07) is 42.3. The molecule has 86 heavy (non-hydrogen) atoms. The van der Waals surface area contributed by atoms with E-state index in [1.807, 2.05) is 139 Å². The molecule has 2 atom stereocenters. The van der Waals surface area contributed by atoms with Gasteiger partial charge in [0.2, 0.25) is 59.1 Å². The van der Waals surface area contributed by atoms with Gasteiger partial charge in [-0.3, -0.25) is 99.4 Å². The molecule has 5 saturated heterocycles. The lowest BCUT2D eigenvalue weighted by molar-refractivity contribution is -0.148. The Morgan fingerprint density at radius 3 is 1.05 bits per heavy atom. The average Bonchev–Trinajstić information content (AvgIpc) is 2.50. The van der Waals surface area contributed by atoms with Crippen LogP contribution in [0.3, 0.4) is 0 Å². The first-order chi connectivity index (χ1) is 41.1. The van der Waals surface area contributed by atoms with Gasteiger partial charge in [0, 0.05) is 27.7 Å². The number of rotatable bonds is 12. The van der Waals surface area contributed by atoms with Crippen LogP contribution in [0.5, 0.6) is 0 Å². The van der Waals surface area contributed by atoms with Crippen LogP contribution in [0, 0.1) is 23.7 Å². The van der Waals surface area contributed by atoms with Gasteiger partial charge < -0.3 is 0 Å². The summed E-state index contributed by atoms with van der Waals surface area (Å²) in [5, 5.41) is 12.7. The van der Waals surface area contributed by atoms with Crippen LogP contribution in [0.25, 0.3) is 0 Å². The van der Waals surface area contributed by atoms with Crippen LogP contribution in [0.2, 0.25) is 0 Å². The van der Waals surface area contributed by atoms with Crippen LogP contribution in [-0.4, -0.2) is 137 Å². The highest BCUT2D eigenvalue weighted by Gasteiger charge is 2.43. The van der Waals surface area contributed by atoms with E-state index in [4.69, 9.17) is 0 Å². The first-order valence-electron chi connectivity index (χ1n) is 27.0. The zero-order valence-electron chi connectivity index (χ0n) is 47.2. The molecule has 5 aromatic carbocycles. The summed E-state index contributed by atoms with van der Waals surface area (Å²) in [5.74, 6) is -9.23. The minimum absolute atomic E-state index is 0.297. The molecule has 0 saturated carbocycles. The number of urea groups is 5. The zero-order chi connectivity index (χ0) is 62.6. The summed E-state index contributed by atoms with van der Waals surface area (Å²) in [5.41, 5.74) is 4.15. The molecule has 5 aliphatic rings. The lowest BCUT2D eigenvalue weighted by Gasteiger charge is -2.32. The summed E-state index contributed by atoms with van der Waals surface area (Å²) in [4.78, 5) is 177. The highest BCUT2D eigenvalue weighted by molar-refractivity contribution is 6.20. The van der Waals surface area contributed by atoms with E-state index in [-0.39, 0.29) is 0 Å². The zero-order valence-corrected chi connectivity index (χ0v) is 47.2. The molecule has 0 bridgehead atoms. The normalized spacial score (nSPS) is 18.3. The van der Waals surface area contributed by atoms with Gasteiger partial charge >= 0.3 is 30.2 Å². The molecular formula is C61H62N10O15. The van der Waals surface area contributed by atoms with Gasteiger partial charge in [0.15, 0.2) is 0 Å². The molecule has 0 spiro atoms. The Bertz CT molecular complexity index is 3330. The quantitative estimate of drug-likeness (QED) is 0.0974. The fourth-order valence-electron chi connectivity index (χ4n) is 9.03. The second-order valence-electron chi connectivity index (χ2n) is 19.8. The van der Waals surface area contributed by atoms with E-state index in [2.05, 4.69) is 21.3 Å². The van der Waals surface area contributed by atoms with E-state index >= 15 is 0 Å². The summed E-state index contributed by atoms with van der Waals surface area (Å²) in [6.45, 7) is 2.35. The van der Waals surface area contributed by atoms with Crippen LogP contribution < -0.4 is 31.9 Å². The summed E-state index contributed by atoms with van der Waals surface area (Å²) >= 11 is 0. The largest absolute Gasteiger partial charge is 0.332 e. The van der Waals surface area contributed by atoms with Crippen molar-refractivity contribution in [2.45, 2.75) is 51.4 Å². The van der Waals surface area contributed by atoms with Gasteiger partial charge in [-0.2, -0.15) is 0 Å². The number of barbiturate groups is 5. The van der Waals surface area contributed by atoms with Gasteiger partial charge in [-0.15, -0.1) is 0 Å². The Morgan fingerprint density at radius 1 is 0.337 bits per heavy atom. The minimum atomic E-state index is -0.941. The standard InChI is InChI=1S/C15H18N2O3.C13H14N2O3.C12H12N2O3.C11H10N2O3.C10H8N2O3/c1-2-3-9-17-14(19)12(13(18)16-15(17)20)10-11-7-5-4-6-8-11;1-14-11(16)10(12(17)15(2)13(14)18)8-9-6-4-3-5-7-9;1-14-11(16)9(10(15)13-12(14)17)7-8-5-3-2-4-6-8;14-9-8(10(15)13-11(16)12-9)6-7-4-2-1-3-5-7;13-8-7(6-4-2-1-3-5-6)9(14)12-10(15)11-8/h4-8,12H,2-3,9-10H2,1H3,(H,16,18,20);3-7,10H,8H2,1-2H3;2-6,9H,7H2,1H3,(H,13,15,17);1-5,8H,6H2,(H2,12,13,14,15,16);1-5,7H,(H2,11,12,13,14,15). The fraction of sp³-hybridized carbons (Fsp3) is 0.262.